The van der Waals surface area contributed by atoms with Crippen LogP contribution in [-0.2, 0) is 0 Å². The van der Waals surface area contributed by atoms with Gasteiger partial charge in [-0.25, -0.2) is 0 Å². The first-order valence-electron chi connectivity index (χ1n) is 7.99. The molecule has 4 heteroatoms. The molecule has 0 saturated carbocycles. The maximum atomic E-state index is 3.42. The molecule has 0 aromatic carbocycles. The Kier molecular flexibility index (Phi) is 6.07. The second-order valence-electron chi connectivity index (χ2n) is 6.43. The fourth-order valence-electron chi connectivity index (χ4n) is 3.29. The van der Waals surface area contributed by atoms with Crippen molar-refractivity contribution in [3.05, 3.63) is 0 Å². The normalized spacial score (nSPS) is 29.5. The van der Waals surface area contributed by atoms with Crippen LogP contribution in [0.15, 0.2) is 0 Å². The van der Waals surface area contributed by atoms with Crippen molar-refractivity contribution in [2.45, 2.75) is 25.8 Å². The summed E-state index contributed by atoms with van der Waals surface area (Å²) in [7, 11) is 4.32. The molecule has 0 aromatic heterocycles. The van der Waals surface area contributed by atoms with Crippen molar-refractivity contribution in [1.82, 2.24) is 20.0 Å². The van der Waals surface area contributed by atoms with Crippen molar-refractivity contribution in [1.29, 1.82) is 0 Å². The van der Waals surface area contributed by atoms with Crippen molar-refractivity contribution in [2.24, 2.45) is 5.92 Å². The lowest BCUT2D eigenvalue weighted by atomic mass is 9.92. The van der Waals surface area contributed by atoms with Gasteiger partial charge >= 0.3 is 0 Å². The van der Waals surface area contributed by atoms with E-state index in [4.69, 9.17) is 0 Å². The molecule has 19 heavy (non-hydrogen) atoms. The molecular weight excluding hydrogens is 236 g/mol. The molecular formula is C15H32N4. The summed E-state index contributed by atoms with van der Waals surface area (Å²) in [5.74, 6) is 0.839. The first-order valence-corrected chi connectivity index (χ1v) is 7.99. The highest BCUT2D eigenvalue weighted by Crippen LogP contribution is 2.19. The van der Waals surface area contributed by atoms with Crippen LogP contribution in [0, 0.1) is 5.92 Å². The average Bonchev–Trinajstić information content (AvgIpc) is 2.46. The Hall–Kier alpha value is -0.160. The lowest BCUT2D eigenvalue weighted by Gasteiger charge is -2.38. The summed E-state index contributed by atoms with van der Waals surface area (Å²) >= 11 is 0. The van der Waals surface area contributed by atoms with Crippen LogP contribution < -0.4 is 5.32 Å². The number of hydrogen-bond donors (Lipinski definition) is 1. The molecule has 1 N–H and O–H groups in total. The second kappa shape index (κ2) is 7.58. The van der Waals surface area contributed by atoms with Crippen molar-refractivity contribution in [2.75, 3.05) is 66.5 Å². The zero-order valence-corrected chi connectivity index (χ0v) is 13.1. The van der Waals surface area contributed by atoms with Crippen LogP contribution in [-0.4, -0.2) is 87.2 Å². The van der Waals surface area contributed by atoms with Crippen LogP contribution in [0.2, 0.25) is 0 Å². The van der Waals surface area contributed by atoms with E-state index in [0.29, 0.717) is 6.04 Å². The molecule has 2 heterocycles. The van der Waals surface area contributed by atoms with Gasteiger partial charge in [0.05, 0.1) is 0 Å². The van der Waals surface area contributed by atoms with Crippen LogP contribution in [0.5, 0.6) is 0 Å². The minimum absolute atomic E-state index is 0.659. The SMILES string of the molecule is CNC(C)C1CCCN(CCN2CCN(C)CC2)C1. The largest absolute Gasteiger partial charge is 0.317 e. The quantitative estimate of drug-likeness (QED) is 0.786. The highest BCUT2D eigenvalue weighted by molar-refractivity contribution is 4.80. The van der Waals surface area contributed by atoms with E-state index in [9.17, 15) is 0 Å². The van der Waals surface area contributed by atoms with E-state index >= 15 is 0 Å². The standard InChI is InChI=1S/C15H32N4/c1-14(16-2)15-5-4-6-19(13-15)12-11-18-9-7-17(3)8-10-18/h14-16H,4-13H2,1-3H3. The smallest absolute Gasteiger partial charge is 0.0110 e. The fourth-order valence-corrected chi connectivity index (χ4v) is 3.29. The summed E-state index contributed by atoms with van der Waals surface area (Å²) in [5.41, 5.74) is 0. The molecule has 2 atom stereocenters. The molecule has 2 rings (SSSR count). The van der Waals surface area contributed by atoms with E-state index in [0.717, 1.165) is 5.92 Å². The number of nitrogens with zero attached hydrogens (tertiary/aromatic N) is 3. The molecule has 2 aliphatic rings. The first-order chi connectivity index (χ1) is 9.19. The summed E-state index contributed by atoms with van der Waals surface area (Å²) in [5, 5.41) is 3.42. The predicted octanol–water partition coefficient (Wildman–Crippen LogP) is 0.554. The van der Waals surface area contributed by atoms with E-state index in [1.807, 2.05) is 0 Å². The molecule has 2 saturated heterocycles. The molecule has 0 aromatic rings. The monoisotopic (exact) mass is 268 g/mol. The summed E-state index contributed by atoms with van der Waals surface area (Å²) in [4.78, 5) is 7.74. The van der Waals surface area contributed by atoms with E-state index in [-0.39, 0.29) is 0 Å². The zero-order valence-electron chi connectivity index (χ0n) is 13.1. The molecule has 4 nitrogen and oxygen atoms in total. The van der Waals surface area contributed by atoms with Gasteiger partial charge in [-0.15, -0.1) is 0 Å². The number of rotatable bonds is 5. The molecule has 2 aliphatic heterocycles. The van der Waals surface area contributed by atoms with Crippen LogP contribution >= 0.6 is 0 Å². The van der Waals surface area contributed by atoms with Crippen LogP contribution in [0.25, 0.3) is 0 Å². The zero-order chi connectivity index (χ0) is 13.7. The predicted molar refractivity (Wildman–Crippen MR) is 81.6 cm³/mol. The molecule has 0 spiro atoms. The molecule has 112 valence electrons. The highest BCUT2D eigenvalue weighted by Gasteiger charge is 2.24. The lowest BCUT2D eigenvalue weighted by molar-refractivity contribution is 0.109. The van der Waals surface area contributed by atoms with Crippen LogP contribution in [0.3, 0.4) is 0 Å². The van der Waals surface area contributed by atoms with Gasteiger partial charge in [0.15, 0.2) is 0 Å². The molecule has 0 aliphatic carbocycles. The van der Waals surface area contributed by atoms with E-state index in [2.05, 4.69) is 41.0 Å². The maximum absolute atomic E-state index is 3.42. The van der Waals surface area contributed by atoms with Crippen molar-refractivity contribution >= 4 is 0 Å². The van der Waals surface area contributed by atoms with Crippen molar-refractivity contribution < 1.29 is 0 Å². The van der Waals surface area contributed by atoms with Gasteiger partial charge in [-0.2, -0.15) is 0 Å². The Morgan fingerprint density at radius 2 is 1.74 bits per heavy atom. The third-order valence-corrected chi connectivity index (χ3v) is 5.03. The van der Waals surface area contributed by atoms with E-state index < -0.39 is 0 Å². The maximum Gasteiger partial charge on any atom is 0.0110 e. The summed E-state index contributed by atoms with van der Waals surface area (Å²) in [6.45, 7) is 12.4. The fraction of sp³-hybridized carbons (Fsp3) is 1.00. The van der Waals surface area contributed by atoms with Crippen molar-refractivity contribution in [3.8, 4) is 0 Å². The highest BCUT2D eigenvalue weighted by atomic mass is 15.3. The second-order valence-corrected chi connectivity index (χ2v) is 6.43. The summed E-state index contributed by atoms with van der Waals surface area (Å²) < 4.78 is 0. The Balaban J connectivity index is 1.68. The van der Waals surface area contributed by atoms with Crippen molar-refractivity contribution in [3.63, 3.8) is 0 Å². The lowest BCUT2D eigenvalue weighted by Crippen LogP contribution is -2.49. The van der Waals surface area contributed by atoms with Crippen LogP contribution in [0.4, 0.5) is 0 Å². The van der Waals surface area contributed by atoms with Gasteiger partial charge in [-0.05, 0) is 46.3 Å². The Labute approximate surface area is 119 Å². The van der Waals surface area contributed by atoms with E-state index in [1.54, 1.807) is 0 Å². The number of piperidine rings is 1. The van der Waals surface area contributed by atoms with Gasteiger partial charge in [0.25, 0.3) is 0 Å². The van der Waals surface area contributed by atoms with E-state index in [1.165, 1.54) is 65.2 Å². The average molecular weight is 268 g/mol. The van der Waals surface area contributed by atoms with Gasteiger partial charge in [0.1, 0.15) is 0 Å². The molecule has 2 fully saturated rings. The Morgan fingerprint density at radius 1 is 1.05 bits per heavy atom. The first kappa shape index (κ1) is 15.2. The third-order valence-electron chi connectivity index (χ3n) is 5.03. The van der Waals surface area contributed by atoms with Crippen LogP contribution in [0.1, 0.15) is 19.8 Å². The third kappa shape index (κ3) is 4.71. The van der Waals surface area contributed by atoms with Gasteiger partial charge in [-0.1, -0.05) is 0 Å². The number of likely N-dealkylation sites (N-methyl/N-ethyl adjacent to an activating group) is 1. The topological polar surface area (TPSA) is 21.8 Å². The Bertz CT molecular complexity index is 251. The number of likely N-dealkylation sites (tertiary alicyclic amines) is 1. The van der Waals surface area contributed by atoms with Gasteiger partial charge in [-0.3, -0.25) is 4.90 Å². The minimum Gasteiger partial charge on any atom is -0.317 e. The number of piperazine rings is 1. The molecule has 2 unspecified atom stereocenters. The number of nitrogens with one attached hydrogen (secondary N) is 1. The molecule has 0 radical (unpaired) electrons. The van der Waals surface area contributed by atoms with Gasteiger partial charge in [0, 0.05) is 51.9 Å². The van der Waals surface area contributed by atoms with Gasteiger partial charge in [0.2, 0.25) is 0 Å². The minimum atomic E-state index is 0.659. The Morgan fingerprint density at radius 3 is 2.42 bits per heavy atom. The summed E-state index contributed by atoms with van der Waals surface area (Å²) in [6.07, 6.45) is 2.77. The molecule has 0 amide bonds. The summed E-state index contributed by atoms with van der Waals surface area (Å²) in [6, 6.07) is 0.659. The number of hydrogen-bond acceptors (Lipinski definition) is 4. The molecule has 0 bridgehead atoms. The van der Waals surface area contributed by atoms with Gasteiger partial charge < -0.3 is 15.1 Å².